The largest absolute Gasteiger partial charge is 0.493 e. The van der Waals surface area contributed by atoms with Crippen molar-refractivity contribution < 1.29 is 14.3 Å². The van der Waals surface area contributed by atoms with Gasteiger partial charge in [-0.3, -0.25) is 4.79 Å². The molecule has 26 heavy (non-hydrogen) atoms. The Labute approximate surface area is 158 Å². The summed E-state index contributed by atoms with van der Waals surface area (Å²) in [5, 5.41) is 4.57. The second kappa shape index (κ2) is 9.63. The lowest BCUT2D eigenvalue weighted by atomic mass is 10.1. The van der Waals surface area contributed by atoms with Crippen LogP contribution in [0.3, 0.4) is 0 Å². The van der Waals surface area contributed by atoms with E-state index in [4.69, 9.17) is 21.1 Å². The van der Waals surface area contributed by atoms with Crippen molar-refractivity contribution in [2.75, 3.05) is 7.11 Å². The van der Waals surface area contributed by atoms with E-state index in [0.717, 1.165) is 16.7 Å². The number of carbonyl (C=O) groups excluding carboxylic acids is 1. The van der Waals surface area contributed by atoms with Crippen molar-refractivity contribution in [1.29, 1.82) is 0 Å². The number of hydrogen-bond acceptors (Lipinski definition) is 4. The van der Waals surface area contributed by atoms with Crippen LogP contribution in [0.15, 0.2) is 54.2 Å². The molecule has 0 heterocycles. The standard InChI is InChI=1S/C20H21ClN2O3/c1-4-5-17-10-16(12-22-23-14(2)24)11-19(25-3)20(17)26-13-15-6-8-18(21)9-7-15/h4,6-12H,1,5,13H2,2-3H3,(H,23,24)/b22-12-. The normalized spacial score (nSPS) is 10.6. The maximum atomic E-state index is 10.9. The van der Waals surface area contributed by atoms with Gasteiger partial charge in [0.15, 0.2) is 11.5 Å². The van der Waals surface area contributed by atoms with Crippen LogP contribution in [0.2, 0.25) is 5.02 Å². The Bertz CT molecular complexity index is 801. The highest BCUT2D eigenvalue weighted by atomic mass is 35.5. The van der Waals surface area contributed by atoms with Crippen LogP contribution < -0.4 is 14.9 Å². The fourth-order valence-electron chi connectivity index (χ4n) is 2.31. The molecule has 0 spiro atoms. The summed E-state index contributed by atoms with van der Waals surface area (Å²) in [5.74, 6) is 1.00. The van der Waals surface area contributed by atoms with Gasteiger partial charge in [-0.05, 0) is 41.8 Å². The van der Waals surface area contributed by atoms with Crippen LogP contribution in [0.4, 0.5) is 0 Å². The predicted octanol–water partition coefficient (Wildman–Crippen LogP) is 4.13. The Morgan fingerprint density at radius 2 is 2.04 bits per heavy atom. The molecule has 2 aromatic carbocycles. The smallest absolute Gasteiger partial charge is 0.236 e. The average Bonchev–Trinajstić information content (AvgIpc) is 2.61. The molecule has 6 heteroatoms. The first-order valence-corrected chi connectivity index (χ1v) is 8.40. The van der Waals surface area contributed by atoms with E-state index in [-0.39, 0.29) is 5.91 Å². The highest BCUT2D eigenvalue weighted by Crippen LogP contribution is 2.34. The van der Waals surface area contributed by atoms with E-state index in [2.05, 4.69) is 17.1 Å². The zero-order chi connectivity index (χ0) is 18.9. The van der Waals surface area contributed by atoms with Gasteiger partial charge < -0.3 is 9.47 Å². The summed E-state index contributed by atoms with van der Waals surface area (Å²) in [7, 11) is 1.58. The molecule has 0 aliphatic heterocycles. The van der Waals surface area contributed by atoms with Crippen LogP contribution in [0.1, 0.15) is 23.6 Å². The summed E-state index contributed by atoms with van der Waals surface area (Å²) in [5.41, 5.74) is 5.07. The summed E-state index contributed by atoms with van der Waals surface area (Å²) in [6, 6.07) is 11.2. The Kier molecular flexibility index (Phi) is 7.24. The van der Waals surface area contributed by atoms with Gasteiger partial charge in [-0.25, -0.2) is 5.43 Å². The van der Waals surface area contributed by atoms with E-state index >= 15 is 0 Å². The lowest BCUT2D eigenvalue weighted by molar-refractivity contribution is -0.118. The van der Waals surface area contributed by atoms with E-state index in [1.54, 1.807) is 25.5 Å². The zero-order valence-corrected chi connectivity index (χ0v) is 15.5. The number of amides is 1. The molecule has 0 aromatic heterocycles. The highest BCUT2D eigenvalue weighted by Gasteiger charge is 2.12. The number of ether oxygens (including phenoxy) is 2. The van der Waals surface area contributed by atoms with Crippen molar-refractivity contribution in [3.8, 4) is 11.5 Å². The summed E-state index contributed by atoms with van der Waals surface area (Å²) in [6.45, 7) is 5.58. The van der Waals surface area contributed by atoms with E-state index in [1.165, 1.54) is 6.92 Å². The van der Waals surface area contributed by atoms with Crippen LogP contribution in [0.5, 0.6) is 11.5 Å². The number of hydrogen-bond donors (Lipinski definition) is 1. The number of nitrogens with zero attached hydrogens (tertiary/aromatic N) is 1. The monoisotopic (exact) mass is 372 g/mol. The number of rotatable bonds is 8. The molecule has 0 radical (unpaired) electrons. The van der Waals surface area contributed by atoms with Crippen molar-refractivity contribution >= 4 is 23.7 Å². The second-order valence-corrected chi connectivity index (χ2v) is 5.98. The van der Waals surface area contributed by atoms with Gasteiger partial charge in [-0.15, -0.1) is 6.58 Å². The number of methoxy groups -OCH3 is 1. The molecule has 2 rings (SSSR count). The molecule has 0 aliphatic rings. The first-order chi connectivity index (χ1) is 12.5. The van der Waals surface area contributed by atoms with Crippen LogP contribution in [-0.2, 0) is 17.8 Å². The number of benzene rings is 2. The summed E-state index contributed by atoms with van der Waals surface area (Å²) in [6.07, 6.45) is 3.95. The van der Waals surface area contributed by atoms with E-state index < -0.39 is 0 Å². The molecular formula is C20H21ClN2O3. The van der Waals surface area contributed by atoms with Gasteiger partial charge in [0.05, 0.1) is 13.3 Å². The Balaban J connectivity index is 2.27. The van der Waals surface area contributed by atoms with E-state index in [0.29, 0.717) is 29.5 Å². The van der Waals surface area contributed by atoms with Crippen LogP contribution in [-0.4, -0.2) is 19.2 Å². The highest BCUT2D eigenvalue weighted by molar-refractivity contribution is 6.30. The van der Waals surface area contributed by atoms with Gasteiger partial charge in [0.2, 0.25) is 5.91 Å². The number of halogens is 1. The minimum atomic E-state index is -0.234. The van der Waals surface area contributed by atoms with E-state index in [1.807, 2.05) is 30.3 Å². The Morgan fingerprint density at radius 3 is 2.65 bits per heavy atom. The van der Waals surface area contributed by atoms with Gasteiger partial charge in [-0.1, -0.05) is 29.8 Å². The van der Waals surface area contributed by atoms with Crippen molar-refractivity contribution in [3.05, 3.63) is 70.8 Å². The first kappa shape index (κ1) is 19.5. The second-order valence-electron chi connectivity index (χ2n) is 5.55. The Morgan fingerprint density at radius 1 is 1.31 bits per heavy atom. The maximum Gasteiger partial charge on any atom is 0.236 e. The molecule has 0 bridgehead atoms. The third-order valence-electron chi connectivity index (χ3n) is 3.47. The minimum absolute atomic E-state index is 0.234. The zero-order valence-electron chi connectivity index (χ0n) is 14.8. The first-order valence-electron chi connectivity index (χ1n) is 8.02. The third-order valence-corrected chi connectivity index (χ3v) is 3.72. The van der Waals surface area contributed by atoms with Crippen molar-refractivity contribution in [3.63, 3.8) is 0 Å². The van der Waals surface area contributed by atoms with E-state index in [9.17, 15) is 4.79 Å². The summed E-state index contributed by atoms with van der Waals surface area (Å²) in [4.78, 5) is 10.9. The lowest BCUT2D eigenvalue weighted by Gasteiger charge is -2.16. The molecule has 0 saturated carbocycles. The molecule has 0 fully saturated rings. The van der Waals surface area contributed by atoms with Gasteiger partial charge in [0.1, 0.15) is 6.61 Å². The van der Waals surface area contributed by atoms with Crippen molar-refractivity contribution in [1.82, 2.24) is 5.43 Å². The topological polar surface area (TPSA) is 59.9 Å². The van der Waals surface area contributed by atoms with Crippen molar-refractivity contribution in [2.45, 2.75) is 20.0 Å². The van der Waals surface area contributed by atoms with Crippen LogP contribution in [0.25, 0.3) is 0 Å². The minimum Gasteiger partial charge on any atom is -0.493 e. The molecule has 2 aromatic rings. The fourth-order valence-corrected chi connectivity index (χ4v) is 2.44. The number of nitrogens with one attached hydrogen (secondary N) is 1. The molecular weight excluding hydrogens is 352 g/mol. The number of carbonyl (C=O) groups is 1. The quantitative estimate of drug-likeness (QED) is 0.430. The number of allylic oxidation sites excluding steroid dienone is 1. The van der Waals surface area contributed by atoms with Gasteiger partial charge in [0.25, 0.3) is 0 Å². The molecule has 0 saturated heterocycles. The Hall–Kier alpha value is -2.79. The molecule has 0 aliphatic carbocycles. The summed E-state index contributed by atoms with van der Waals surface area (Å²) >= 11 is 5.91. The average molecular weight is 373 g/mol. The van der Waals surface area contributed by atoms with Gasteiger partial charge >= 0.3 is 0 Å². The van der Waals surface area contributed by atoms with Crippen LogP contribution in [0, 0.1) is 0 Å². The SMILES string of the molecule is C=CCc1cc(/C=N\NC(C)=O)cc(OC)c1OCc1ccc(Cl)cc1. The molecule has 1 amide bonds. The molecule has 5 nitrogen and oxygen atoms in total. The lowest BCUT2D eigenvalue weighted by Crippen LogP contribution is -2.12. The van der Waals surface area contributed by atoms with Crippen LogP contribution >= 0.6 is 11.6 Å². The third kappa shape index (κ3) is 5.63. The molecule has 0 atom stereocenters. The fraction of sp³-hybridized carbons (Fsp3) is 0.200. The maximum absolute atomic E-state index is 10.9. The van der Waals surface area contributed by atoms with Crippen molar-refractivity contribution in [2.24, 2.45) is 5.10 Å². The number of hydrazone groups is 1. The predicted molar refractivity (Wildman–Crippen MR) is 104 cm³/mol. The molecule has 1 N–H and O–H groups in total. The van der Waals surface area contributed by atoms with Gasteiger partial charge in [-0.2, -0.15) is 5.10 Å². The molecule has 136 valence electrons. The van der Waals surface area contributed by atoms with Gasteiger partial charge in [0, 0.05) is 17.5 Å². The summed E-state index contributed by atoms with van der Waals surface area (Å²) < 4.78 is 11.5. The molecule has 0 unspecified atom stereocenters.